The summed E-state index contributed by atoms with van der Waals surface area (Å²) in [5.74, 6) is 0.200. The number of amides is 1. The van der Waals surface area contributed by atoms with Crippen LogP contribution in [-0.4, -0.2) is 70.6 Å². The Balaban J connectivity index is 1.80. The quantitative estimate of drug-likeness (QED) is 0.162. The van der Waals surface area contributed by atoms with E-state index in [4.69, 9.17) is 5.73 Å². The predicted molar refractivity (Wildman–Crippen MR) is 180 cm³/mol. The van der Waals surface area contributed by atoms with Crippen molar-refractivity contribution in [2.24, 2.45) is 17.6 Å². The number of benzene rings is 3. The van der Waals surface area contributed by atoms with E-state index in [9.17, 15) is 19.5 Å². The van der Waals surface area contributed by atoms with Gasteiger partial charge in [0.1, 0.15) is 6.04 Å². The number of carboxylic acids is 1. The fraction of sp³-hybridized carbons (Fsp3) is 0.441. The molecule has 4 atom stereocenters. The van der Waals surface area contributed by atoms with Gasteiger partial charge < -0.3 is 16.2 Å². The Labute approximate surface area is 264 Å². The number of nitrogens with one attached hydrogen (secondary N) is 1. The SMILES string of the molecule is CC[C@H](C)[C@@H](CN(CC(=O)N[C@@H](CCSC)C(=O)O)Cc1cccc2ccccc12)C(=O)[C@H](N)CSCc1ccccc1. The van der Waals surface area contributed by atoms with E-state index in [1.54, 1.807) is 11.8 Å². The molecule has 0 heterocycles. The normalized spacial score (nSPS) is 14.3. The average Bonchev–Trinajstić information content (AvgIpc) is 3.01. The lowest BCUT2D eigenvalue weighted by molar-refractivity contribution is -0.142. The number of carbonyl (C=O) groups excluding carboxylic acids is 2. The summed E-state index contributed by atoms with van der Waals surface area (Å²) >= 11 is 3.19. The van der Waals surface area contributed by atoms with Crippen LogP contribution < -0.4 is 11.1 Å². The van der Waals surface area contributed by atoms with E-state index in [0.717, 1.165) is 28.5 Å². The monoisotopic (exact) mass is 623 g/mol. The van der Waals surface area contributed by atoms with E-state index in [-0.39, 0.29) is 30.1 Å². The van der Waals surface area contributed by atoms with E-state index >= 15 is 0 Å². The van der Waals surface area contributed by atoms with E-state index in [2.05, 4.69) is 49.5 Å². The van der Waals surface area contributed by atoms with Gasteiger partial charge in [-0.3, -0.25) is 14.5 Å². The lowest BCUT2D eigenvalue weighted by Gasteiger charge is -2.31. The number of Topliss-reactive ketones (excluding diaryl/α,β-unsaturated/α-hetero) is 1. The Hall–Kier alpha value is -2.85. The molecule has 0 radical (unpaired) electrons. The molecule has 0 fully saturated rings. The molecule has 0 aliphatic carbocycles. The molecular weight excluding hydrogens is 579 g/mol. The maximum atomic E-state index is 13.8. The van der Waals surface area contributed by atoms with Crippen LogP contribution in [0.1, 0.15) is 37.8 Å². The van der Waals surface area contributed by atoms with Crippen molar-refractivity contribution in [1.29, 1.82) is 0 Å². The van der Waals surface area contributed by atoms with Crippen molar-refractivity contribution in [2.45, 2.75) is 51.1 Å². The van der Waals surface area contributed by atoms with Crippen LogP contribution in [0.5, 0.6) is 0 Å². The molecule has 0 unspecified atom stereocenters. The molecule has 0 aromatic heterocycles. The minimum atomic E-state index is -1.05. The van der Waals surface area contributed by atoms with Gasteiger partial charge >= 0.3 is 5.97 Å². The van der Waals surface area contributed by atoms with Gasteiger partial charge in [-0.25, -0.2) is 4.79 Å². The molecule has 0 saturated carbocycles. The molecule has 3 aromatic carbocycles. The van der Waals surface area contributed by atoms with Crippen LogP contribution in [0.15, 0.2) is 72.8 Å². The molecule has 3 aromatic rings. The number of ketones is 1. The van der Waals surface area contributed by atoms with Crippen molar-refractivity contribution < 1.29 is 19.5 Å². The molecule has 0 aliphatic rings. The van der Waals surface area contributed by atoms with Gasteiger partial charge in [-0.05, 0) is 46.2 Å². The highest BCUT2D eigenvalue weighted by Crippen LogP contribution is 2.24. The Morgan fingerprint density at radius 3 is 2.40 bits per heavy atom. The van der Waals surface area contributed by atoms with Gasteiger partial charge in [0, 0.05) is 30.5 Å². The highest BCUT2D eigenvalue weighted by atomic mass is 32.2. The lowest BCUT2D eigenvalue weighted by atomic mass is 9.85. The molecule has 0 spiro atoms. The topological polar surface area (TPSA) is 113 Å². The number of carbonyl (C=O) groups is 3. The van der Waals surface area contributed by atoms with E-state index < -0.39 is 18.1 Å². The number of aliphatic carboxylic acids is 1. The van der Waals surface area contributed by atoms with Crippen LogP contribution in [0, 0.1) is 11.8 Å². The van der Waals surface area contributed by atoms with Crippen molar-refractivity contribution in [2.75, 3.05) is 30.9 Å². The molecule has 0 saturated heterocycles. The Morgan fingerprint density at radius 2 is 1.70 bits per heavy atom. The third kappa shape index (κ3) is 11.0. The van der Waals surface area contributed by atoms with Gasteiger partial charge in [-0.1, -0.05) is 93.1 Å². The van der Waals surface area contributed by atoms with Crippen molar-refractivity contribution >= 4 is 52.0 Å². The van der Waals surface area contributed by atoms with Gasteiger partial charge in [0.15, 0.2) is 5.78 Å². The molecule has 43 heavy (non-hydrogen) atoms. The zero-order valence-electron chi connectivity index (χ0n) is 25.4. The van der Waals surface area contributed by atoms with Gasteiger partial charge in [-0.2, -0.15) is 23.5 Å². The van der Waals surface area contributed by atoms with Crippen LogP contribution in [-0.2, 0) is 26.7 Å². The van der Waals surface area contributed by atoms with Crippen LogP contribution >= 0.6 is 23.5 Å². The number of nitrogens with two attached hydrogens (primary N) is 1. The Morgan fingerprint density at radius 1 is 1.00 bits per heavy atom. The molecule has 3 rings (SSSR count). The molecular formula is C34H45N3O4S2. The van der Waals surface area contributed by atoms with E-state index in [1.807, 2.05) is 53.6 Å². The predicted octanol–water partition coefficient (Wildman–Crippen LogP) is 5.46. The summed E-state index contributed by atoms with van der Waals surface area (Å²) in [5.41, 5.74) is 8.72. The first kappa shape index (κ1) is 34.6. The molecule has 232 valence electrons. The largest absolute Gasteiger partial charge is 0.480 e. The van der Waals surface area contributed by atoms with Crippen molar-refractivity contribution in [3.8, 4) is 0 Å². The van der Waals surface area contributed by atoms with Gasteiger partial charge in [0.25, 0.3) is 0 Å². The third-order valence-corrected chi connectivity index (χ3v) is 9.59. The summed E-state index contributed by atoms with van der Waals surface area (Å²) in [6.45, 7) is 4.89. The maximum absolute atomic E-state index is 13.8. The van der Waals surface area contributed by atoms with E-state index in [1.165, 1.54) is 17.3 Å². The second-order valence-electron chi connectivity index (χ2n) is 11.0. The molecule has 1 amide bonds. The standard InChI is InChI=1S/C34H45N3O4S2/c1-4-24(2)29(33(39)30(35)23-43-22-25-11-6-5-7-12-25)20-37(21-32(38)36-31(34(40)41)17-18-42-3)19-27-15-10-14-26-13-8-9-16-28(26)27/h5-16,24,29-31H,4,17-23,35H2,1-3H3,(H,36,38)(H,40,41)/t24-,29+,30+,31-/m0/s1. The number of nitrogens with zero attached hydrogens (tertiary/aromatic N) is 1. The summed E-state index contributed by atoms with van der Waals surface area (Å²) in [7, 11) is 0. The average molecular weight is 624 g/mol. The first-order valence-electron chi connectivity index (χ1n) is 14.8. The number of carboxylic acid groups (broad SMARTS) is 1. The van der Waals surface area contributed by atoms with Gasteiger partial charge in [0.2, 0.25) is 5.91 Å². The molecule has 9 heteroatoms. The van der Waals surface area contributed by atoms with Crippen LogP contribution in [0.4, 0.5) is 0 Å². The Kier molecular flexibility index (Phi) is 14.6. The number of fused-ring (bicyclic) bond motifs is 1. The molecule has 7 nitrogen and oxygen atoms in total. The lowest BCUT2D eigenvalue weighted by Crippen LogP contribution is -2.49. The minimum absolute atomic E-state index is 0.00150. The van der Waals surface area contributed by atoms with Crippen LogP contribution in [0.3, 0.4) is 0 Å². The molecule has 0 bridgehead atoms. The fourth-order valence-electron chi connectivity index (χ4n) is 5.14. The second-order valence-corrected chi connectivity index (χ2v) is 13.1. The number of hydrogen-bond donors (Lipinski definition) is 3. The fourth-order valence-corrected chi connectivity index (χ4v) is 6.58. The number of rotatable bonds is 19. The van der Waals surface area contributed by atoms with Crippen molar-refractivity contribution in [1.82, 2.24) is 10.2 Å². The zero-order valence-corrected chi connectivity index (χ0v) is 27.0. The second kappa shape index (κ2) is 18.1. The summed E-state index contributed by atoms with van der Waals surface area (Å²) in [6.07, 6.45) is 3.04. The van der Waals surface area contributed by atoms with Crippen molar-refractivity contribution in [3.63, 3.8) is 0 Å². The van der Waals surface area contributed by atoms with Gasteiger partial charge in [-0.15, -0.1) is 0 Å². The smallest absolute Gasteiger partial charge is 0.326 e. The number of hydrogen-bond acceptors (Lipinski definition) is 7. The zero-order chi connectivity index (χ0) is 31.2. The molecule has 4 N–H and O–H groups in total. The van der Waals surface area contributed by atoms with Gasteiger partial charge in [0.05, 0.1) is 12.6 Å². The minimum Gasteiger partial charge on any atom is -0.480 e. The summed E-state index contributed by atoms with van der Waals surface area (Å²) < 4.78 is 0. The molecule has 0 aliphatic heterocycles. The summed E-state index contributed by atoms with van der Waals surface area (Å²) in [4.78, 5) is 40.9. The summed E-state index contributed by atoms with van der Waals surface area (Å²) in [6, 6.07) is 22.7. The first-order chi connectivity index (χ1) is 20.7. The Bertz CT molecular complexity index is 1320. The van der Waals surface area contributed by atoms with Crippen LogP contribution in [0.25, 0.3) is 10.8 Å². The van der Waals surface area contributed by atoms with Crippen molar-refractivity contribution in [3.05, 3.63) is 83.9 Å². The summed E-state index contributed by atoms with van der Waals surface area (Å²) in [5, 5.41) is 14.6. The van der Waals surface area contributed by atoms with Crippen LogP contribution in [0.2, 0.25) is 0 Å². The highest BCUT2D eigenvalue weighted by molar-refractivity contribution is 7.98. The number of thioether (sulfide) groups is 2. The third-order valence-electron chi connectivity index (χ3n) is 7.81. The van der Waals surface area contributed by atoms with E-state index in [0.29, 0.717) is 31.0 Å². The highest BCUT2D eigenvalue weighted by Gasteiger charge is 2.31. The maximum Gasteiger partial charge on any atom is 0.326 e. The first-order valence-corrected chi connectivity index (χ1v) is 17.4.